The zero-order valence-corrected chi connectivity index (χ0v) is 11.0. The van der Waals surface area contributed by atoms with Gasteiger partial charge in [-0.2, -0.15) is 5.10 Å². The van der Waals surface area contributed by atoms with Gasteiger partial charge < -0.3 is 9.15 Å². The highest BCUT2D eigenvalue weighted by Gasteiger charge is 2.16. The number of aromatic nitrogens is 2. The average Bonchev–Trinajstić information content (AvgIpc) is 2.82. The van der Waals surface area contributed by atoms with Crippen LogP contribution in [0, 0.1) is 20.8 Å². The fourth-order valence-corrected chi connectivity index (χ4v) is 1.90. The predicted molar refractivity (Wildman–Crippen MR) is 65.6 cm³/mol. The molecule has 0 fully saturated rings. The van der Waals surface area contributed by atoms with E-state index in [1.54, 1.807) is 0 Å². The molecule has 0 aliphatic carbocycles. The number of esters is 1. The van der Waals surface area contributed by atoms with Crippen LogP contribution in [-0.2, 0) is 11.3 Å². The fraction of sp³-hybridized carbons (Fsp3) is 0.385. The molecule has 0 spiro atoms. The Morgan fingerprint density at radius 1 is 1.39 bits per heavy atom. The van der Waals surface area contributed by atoms with Gasteiger partial charge >= 0.3 is 5.97 Å². The van der Waals surface area contributed by atoms with Gasteiger partial charge in [0.2, 0.25) is 5.76 Å². The summed E-state index contributed by atoms with van der Waals surface area (Å²) in [6.45, 7) is 6.26. The number of hydrogen-bond donors (Lipinski definition) is 0. The maximum absolute atomic E-state index is 11.4. The zero-order valence-electron chi connectivity index (χ0n) is 11.0. The van der Waals surface area contributed by atoms with Gasteiger partial charge in [0, 0.05) is 11.3 Å². The van der Waals surface area contributed by atoms with Gasteiger partial charge in [-0.25, -0.2) is 4.79 Å². The van der Waals surface area contributed by atoms with Gasteiger partial charge in [0.25, 0.3) is 0 Å². The fourth-order valence-electron chi connectivity index (χ4n) is 1.90. The lowest BCUT2D eigenvalue weighted by Crippen LogP contribution is -2.03. The highest BCUT2D eigenvalue weighted by Crippen LogP contribution is 2.17. The highest BCUT2D eigenvalue weighted by molar-refractivity contribution is 5.87. The summed E-state index contributed by atoms with van der Waals surface area (Å²) < 4.78 is 12.0. The predicted octanol–water partition coefficient (Wildman–Crippen LogP) is 2.24. The van der Waals surface area contributed by atoms with Crippen LogP contribution in [0.5, 0.6) is 0 Å². The summed E-state index contributed by atoms with van der Waals surface area (Å²) >= 11 is 0. The molecule has 2 heterocycles. The number of ether oxygens (including phenoxy) is 1. The third-order valence-electron chi connectivity index (χ3n) is 2.75. The van der Waals surface area contributed by atoms with E-state index in [4.69, 9.17) is 4.42 Å². The molecule has 0 saturated heterocycles. The second-order valence-electron chi connectivity index (χ2n) is 4.30. The minimum Gasteiger partial charge on any atom is -0.463 e. The van der Waals surface area contributed by atoms with E-state index < -0.39 is 5.97 Å². The first-order valence-electron chi connectivity index (χ1n) is 5.70. The van der Waals surface area contributed by atoms with Crippen LogP contribution in [0.3, 0.4) is 0 Å². The Balaban J connectivity index is 2.25. The Bertz CT molecular complexity index is 581. The van der Waals surface area contributed by atoms with Crippen molar-refractivity contribution in [1.82, 2.24) is 9.78 Å². The lowest BCUT2D eigenvalue weighted by molar-refractivity contribution is 0.0561. The van der Waals surface area contributed by atoms with E-state index >= 15 is 0 Å². The zero-order chi connectivity index (χ0) is 13.3. The van der Waals surface area contributed by atoms with E-state index in [1.165, 1.54) is 7.11 Å². The van der Waals surface area contributed by atoms with Crippen LogP contribution in [0.4, 0.5) is 0 Å². The molecule has 0 saturated carbocycles. The minimum absolute atomic E-state index is 0.258. The largest absolute Gasteiger partial charge is 0.463 e. The Morgan fingerprint density at radius 3 is 2.67 bits per heavy atom. The number of furan rings is 1. The van der Waals surface area contributed by atoms with Gasteiger partial charge in [0.15, 0.2) is 0 Å². The quantitative estimate of drug-likeness (QED) is 0.782. The van der Waals surface area contributed by atoms with E-state index in [0.29, 0.717) is 12.3 Å². The molecule has 0 bridgehead atoms. The van der Waals surface area contributed by atoms with Gasteiger partial charge in [-0.15, -0.1) is 0 Å². The van der Waals surface area contributed by atoms with Crippen LogP contribution in [-0.4, -0.2) is 22.9 Å². The van der Waals surface area contributed by atoms with Gasteiger partial charge in [0.05, 0.1) is 19.3 Å². The van der Waals surface area contributed by atoms with Crippen LogP contribution in [0.1, 0.15) is 33.3 Å². The number of hydrogen-bond acceptors (Lipinski definition) is 4. The molecule has 0 aliphatic heterocycles. The molecule has 0 unspecified atom stereocenters. The maximum atomic E-state index is 11.4. The summed E-state index contributed by atoms with van der Waals surface area (Å²) in [7, 11) is 1.34. The van der Waals surface area contributed by atoms with Crippen LogP contribution in [0.2, 0.25) is 0 Å². The molecule has 18 heavy (non-hydrogen) atoms. The third-order valence-corrected chi connectivity index (χ3v) is 2.75. The van der Waals surface area contributed by atoms with E-state index in [0.717, 1.165) is 17.0 Å². The van der Waals surface area contributed by atoms with Crippen molar-refractivity contribution in [3.63, 3.8) is 0 Å². The molecule has 2 aromatic heterocycles. The number of aryl methyl sites for hydroxylation is 3. The smallest absolute Gasteiger partial charge is 0.374 e. The molecule has 5 nitrogen and oxygen atoms in total. The van der Waals surface area contributed by atoms with Gasteiger partial charge in [-0.05, 0) is 32.9 Å². The van der Waals surface area contributed by atoms with E-state index in [9.17, 15) is 4.79 Å². The van der Waals surface area contributed by atoms with Crippen LogP contribution in [0.15, 0.2) is 16.5 Å². The Kier molecular flexibility index (Phi) is 3.23. The van der Waals surface area contributed by atoms with Crippen molar-refractivity contribution in [3.8, 4) is 0 Å². The minimum atomic E-state index is -0.452. The van der Waals surface area contributed by atoms with Crippen LogP contribution >= 0.6 is 0 Å². The topological polar surface area (TPSA) is 57.3 Å². The molecule has 0 atom stereocenters. The van der Waals surface area contributed by atoms with Crippen molar-refractivity contribution < 1.29 is 13.9 Å². The lowest BCUT2D eigenvalue weighted by atomic mass is 10.2. The third kappa shape index (κ3) is 2.30. The van der Waals surface area contributed by atoms with Gasteiger partial charge in [-0.3, -0.25) is 4.68 Å². The number of methoxy groups -OCH3 is 1. The first-order valence-corrected chi connectivity index (χ1v) is 5.70. The molecular weight excluding hydrogens is 232 g/mol. The van der Waals surface area contributed by atoms with Crippen LogP contribution < -0.4 is 0 Å². The Morgan fingerprint density at radius 2 is 2.11 bits per heavy atom. The number of carbonyl (C=O) groups is 1. The van der Waals surface area contributed by atoms with E-state index in [-0.39, 0.29) is 5.76 Å². The number of carbonyl (C=O) groups excluding carboxylic acids is 1. The van der Waals surface area contributed by atoms with Gasteiger partial charge in [-0.1, -0.05) is 0 Å². The van der Waals surface area contributed by atoms with Crippen molar-refractivity contribution in [2.24, 2.45) is 0 Å². The highest BCUT2D eigenvalue weighted by atomic mass is 16.5. The summed E-state index contributed by atoms with van der Waals surface area (Å²) in [5.41, 5.74) is 2.79. The first-order chi connectivity index (χ1) is 8.51. The molecule has 96 valence electrons. The molecule has 0 radical (unpaired) electrons. The molecule has 0 aliphatic rings. The SMILES string of the molecule is COC(=O)c1oc(Cn2nc(C)cc2C)cc1C. The van der Waals surface area contributed by atoms with Crippen molar-refractivity contribution in [3.05, 3.63) is 40.6 Å². The standard InChI is InChI=1S/C13H16N2O3/c1-8-5-11(18-12(8)13(16)17-4)7-15-10(3)6-9(2)14-15/h5-6H,7H2,1-4H3. The number of nitrogens with zero attached hydrogens (tertiary/aromatic N) is 2. The first kappa shape index (κ1) is 12.4. The van der Waals surface area contributed by atoms with Crippen LogP contribution in [0.25, 0.3) is 0 Å². The van der Waals surface area contributed by atoms with Crippen molar-refractivity contribution in [2.75, 3.05) is 7.11 Å². The molecule has 2 rings (SSSR count). The Hall–Kier alpha value is -2.04. The summed E-state index contributed by atoms with van der Waals surface area (Å²) in [5.74, 6) is 0.500. The Labute approximate surface area is 105 Å². The second kappa shape index (κ2) is 4.68. The summed E-state index contributed by atoms with van der Waals surface area (Å²) in [4.78, 5) is 11.4. The van der Waals surface area contributed by atoms with Crippen molar-refractivity contribution >= 4 is 5.97 Å². The molecule has 0 N–H and O–H groups in total. The van der Waals surface area contributed by atoms with E-state index in [2.05, 4.69) is 9.84 Å². The average molecular weight is 248 g/mol. The summed E-state index contributed by atoms with van der Waals surface area (Å²) in [6.07, 6.45) is 0. The molecular formula is C13H16N2O3. The van der Waals surface area contributed by atoms with Gasteiger partial charge in [0.1, 0.15) is 5.76 Å². The summed E-state index contributed by atoms with van der Waals surface area (Å²) in [6, 6.07) is 3.83. The maximum Gasteiger partial charge on any atom is 0.374 e. The summed E-state index contributed by atoms with van der Waals surface area (Å²) in [5, 5.41) is 4.35. The molecule has 2 aromatic rings. The molecule has 5 heteroatoms. The second-order valence-corrected chi connectivity index (χ2v) is 4.30. The van der Waals surface area contributed by atoms with Crippen molar-refractivity contribution in [1.29, 1.82) is 0 Å². The monoisotopic (exact) mass is 248 g/mol. The normalized spacial score (nSPS) is 10.7. The van der Waals surface area contributed by atoms with E-state index in [1.807, 2.05) is 37.6 Å². The molecule has 0 amide bonds. The lowest BCUT2D eigenvalue weighted by Gasteiger charge is -2.01. The van der Waals surface area contributed by atoms with Crippen molar-refractivity contribution in [2.45, 2.75) is 27.3 Å². The number of rotatable bonds is 3. The molecule has 0 aromatic carbocycles.